The lowest BCUT2D eigenvalue weighted by atomic mass is 9.97. The van der Waals surface area contributed by atoms with Crippen molar-refractivity contribution in [3.05, 3.63) is 140 Å². The van der Waals surface area contributed by atoms with Crippen LogP contribution in [0.3, 0.4) is 0 Å². The van der Waals surface area contributed by atoms with Gasteiger partial charge >= 0.3 is 18.1 Å². The molecule has 2 heterocycles. The molecule has 17 heteroatoms. The lowest BCUT2D eigenvalue weighted by Crippen LogP contribution is -2.33. The fraction of sp³-hybridized carbons (Fsp3) is 0.205. The molecule has 1 aliphatic rings. The molecule has 0 aliphatic heterocycles. The zero-order chi connectivity index (χ0) is 42.6. The number of nitrogens with zero attached hydrogens (tertiary/aromatic N) is 5. The van der Waals surface area contributed by atoms with Gasteiger partial charge in [0.25, 0.3) is 0 Å². The second-order valence-electron chi connectivity index (χ2n) is 13.5. The van der Waals surface area contributed by atoms with Crippen LogP contribution in [0.2, 0.25) is 10.0 Å². The van der Waals surface area contributed by atoms with E-state index in [1.165, 1.54) is 40.1 Å². The molecule has 0 spiro atoms. The smallest absolute Gasteiger partial charge is 0.459 e. The molecule has 6 aromatic rings. The summed E-state index contributed by atoms with van der Waals surface area (Å²) in [5.41, 5.74) is 7.10. The number of carbonyl (C=O) groups excluding carboxylic acids is 3. The Morgan fingerprint density at radius 1 is 0.770 bits per heavy atom. The molecule has 1 saturated carbocycles. The first kappa shape index (κ1) is 43.0. The van der Waals surface area contributed by atoms with Crippen molar-refractivity contribution in [2.24, 2.45) is 10.2 Å². The molecule has 4 aromatic carbocycles. The summed E-state index contributed by atoms with van der Waals surface area (Å²) >= 11 is 15.4. The first-order valence-corrected chi connectivity index (χ1v) is 21.7. The van der Waals surface area contributed by atoms with E-state index in [2.05, 4.69) is 20.6 Å². The lowest BCUT2D eigenvalue weighted by molar-refractivity contribution is -0.0367. The number of nitrogens with one attached hydrogen (secondary N) is 1. The number of carbonyl (C=O) groups is 3. The molecule has 0 amide bonds. The molecular formula is C44H38Cl2N6O7S2. The second kappa shape index (κ2) is 20.9. The summed E-state index contributed by atoms with van der Waals surface area (Å²) in [6.07, 6.45) is 5.41. The van der Waals surface area contributed by atoms with Gasteiger partial charge in [-0.15, -0.1) is 22.7 Å². The Hall–Kier alpha value is -6.13. The molecule has 13 nitrogen and oxygen atoms in total. The highest BCUT2D eigenvalue weighted by molar-refractivity contribution is 7.14. The highest BCUT2D eigenvalue weighted by atomic mass is 35.5. The highest BCUT2D eigenvalue weighted by Crippen LogP contribution is 2.33. The normalized spacial score (nSPS) is 13.5. The number of ether oxygens (including phenoxy) is 4. The molecule has 1 fully saturated rings. The van der Waals surface area contributed by atoms with Crippen LogP contribution >= 0.6 is 45.9 Å². The topological polar surface area (TPSA) is 154 Å². The molecule has 1 atom stereocenters. The maximum atomic E-state index is 13.3. The van der Waals surface area contributed by atoms with Crippen LogP contribution in [0.25, 0.3) is 22.5 Å². The van der Waals surface area contributed by atoms with Crippen LogP contribution in [-0.4, -0.2) is 59.6 Å². The van der Waals surface area contributed by atoms with E-state index in [4.69, 9.17) is 47.1 Å². The average Bonchev–Trinajstić information content (AvgIpc) is 3.95. The van der Waals surface area contributed by atoms with Crippen molar-refractivity contribution in [2.45, 2.75) is 51.4 Å². The van der Waals surface area contributed by atoms with E-state index in [0.717, 1.165) is 37.7 Å². The molecule has 2 aromatic heterocycles. The predicted octanol–water partition coefficient (Wildman–Crippen LogP) is 11.3. The van der Waals surface area contributed by atoms with Gasteiger partial charge in [0.2, 0.25) is 17.1 Å². The zero-order valence-corrected chi connectivity index (χ0v) is 35.8. The second-order valence-corrected chi connectivity index (χ2v) is 16.0. The maximum Gasteiger partial charge on any atom is 0.513 e. The fourth-order valence-electron chi connectivity index (χ4n) is 6.28. The van der Waals surface area contributed by atoms with Gasteiger partial charge < -0.3 is 18.9 Å². The number of benzene rings is 4. The van der Waals surface area contributed by atoms with Crippen LogP contribution in [0.15, 0.2) is 118 Å². The summed E-state index contributed by atoms with van der Waals surface area (Å²) < 4.78 is 21.8. The summed E-state index contributed by atoms with van der Waals surface area (Å²) in [5, 5.41) is 15.9. The van der Waals surface area contributed by atoms with Crippen molar-refractivity contribution in [3.63, 3.8) is 0 Å². The minimum Gasteiger partial charge on any atom is -0.459 e. The quantitative estimate of drug-likeness (QED) is 0.0344. The van der Waals surface area contributed by atoms with E-state index < -0.39 is 31.1 Å². The van der Waals surface area contributed by atoms with Gasteiger partial charge in [-0.3, -0.25) is 5.43 Å². The third-order valence-corrected chi connectivity index (χ3v) is 11.6. The van der Waals surface area contributed by atoms with Gasteiger partial charge in [0.15, 0.2) is 6.23 Å². The van der Waals surface area contributed by atoms with E-state index in [1.807, 2.05) is 41.8 Å². The first-order chi connectivity index (χ1) is 29.7. The Labute approximate surface area is 369 Å². The molecule has 1 aliphatic carbocycles. The number of hydrogen-bond acceptors (Lipinski definition) is 15. The molecular weight excluding hydrogens is 860 g/mol. The summed E-state index contributed by atoms with van der Waals surface area (Å²) in [7, 11) is 0. The predicted molar refractivity (Wildman–Crippen MR) is 239 cm³/mol. The van der Waals surface area contributed by atoms with Crippen LogP contribution in [0, 0.1) is 0 Å². The van der Waals surface area contributed by atoms with Crippen LogP contribution in [0.1, 0.15) is 70.9 Å². The number of hydrogen-bond donors (Lipinski definition) is 1. The zero-order valence-electron chi connectivity index (χ0n) is 32.6. The summed E-state index contributed by atoms with van der Waals surface area (Å²) in [6, 6.07) is 28.2. The Balaban J connectivity index is 0.992. The molecule has 61 heavy (non-hydrogen) atoms. The number of halogens is 2. The molecule has 0 radical (unpaired) electrons. The Morgan fingerprint density at radius 2 is 1.36 bits per heavy atom. The fourth-order valence-corrected chi connectivity index (χ4v) is 8.26. The van der Waals surface area contributed by atoms with Crippen molar-refractivity contribution < 1.29 is 33.3 Å². The van der Waals surface area contributed by atoms with Gasteiger partial charge in [0.1, 0.15) is 6.10 Å². The minimum atomic E-state index is -1.14. The number of thiazole rings is 2. The number of esters is 2. The van der Waals surface area contributed by atoms with Crippen LogP contribution in [-0.2, 0) is 18.9 Å². The molecule has 312 valence electrons. The largest absolute Gasteiger partial charge is 0.513 e. The number of anilines is 2. The van der Waals surface area contributed by atoms with Crippen LogP contribution < -0.4 is 10.4 Å². The monoisotopic (exact) mass is 896 g/mol. The van der Waals surface area contributed by atoms with Gasteiger partial charge in [0, 0.05) is 43.1 Å². The maximum absolute atomic E-state index is 13.3. The Bertz CT molecular complexity index is 2540. The van der Waals surface area contributed by atoms with Crippen molar-refractivity contribution >= 4 is 86.7 Å². The average molecular weight is 898 g/mol. The SMILES string of the molecule is CC(OC(=O)OCOC(=O)c1ccccc1/C=N/Nc1nc(-c2ccccc2Cl)cs1)N(/N=C/c1ccccc1C(=O)OC1CCCCC1)c1nc(-c2ccccc2Cl)cs1. The molecule has 0 bridgehead atoms. The molecule has 7 rings (SSSR count). The Morgan fingerprint density at radius 3 is 2.05 bits per heavy atom. The lowest BCUT2D eigenvalue weighted by Gasteiger charge is -2.23. The van der Waals surface area contributed by atoms with E-state index in [9.17, 15) is 14.4 Å². The number of hydrazone groups is 2. The van der Waals surface area contributed by atoms with Crippen LogP contribution in [0.5, 0.6) is 0 Å². The number of aromatic nitrogens is 2. The minimum absolute atomic E-state index is 0.129. The standard InChI is InChI=1S/C44H38Cl2N6O7S2/c1-28(58-44(55)57-27-56-40(53)32-17-7-5-13-29(32)23-47-51-42-49-38(25-60-42)34-19-9-11-21-36(34)45)52(43-50-39(26-61-43)35-20-10-12-22-37(35)46)48-24-30-14-6-8-18-33(30)41(54)59-31-15-3-2-4-16-31/h5-14,17-26,28,31H,2-4,15-16,27H2,1H3,(H,49,51)/b47-23+,48-24+. The van der Waals surface area contributed by atoms with E-state index in [-0.39, 0.29) is 11.7 Å². The van der Waals surface area contributed by atoms with Gasteiger partial charge in [0.05, 0.1) is 34.9 Å². The first-order valence-electron chi connectivity index (χ1n) is 19.2. The van der Waals surface area contributed by atoms with Crippen molar-refractivity contribution in [2.75, 3.05) is 17.2 Å². The third kappa shape index (κ3) is 11.4. The van der Waals surface area contributed by atoms with Gasteiger partial charge in [-0.1, -0.05) is 102 Å². The Kier molecular flexibility index (Phi) is 14.7. The molecule has 1 unspecified atom stereocenters. The third-order valence-electron chi connectivity index (χ3n) is 9.34. The van der Waals surface area contributed by atoms with Crippen molar-refractivity contribution in [1.29, 1.82) is 0 Å². The summed E-state index contributed by atoms with van der Waals surface area (Å²) in [5.74, 6) is -1.20. The van der Waals surface area contributed by atoms with Gasteiger partial charge in [-0.05, 0) is 56.9 Å². The summed E-state index contributed by atoms with van der Waals surface area (Å²) in [6.45, 7) is 0.822. The van der Waals surface area contributed by atoms with Crippen molar-refractivity contribution in [1.82, 2.24) is 9.97 Å². The summed E-state index contributed by atoms with van der Waals surface area (Å²) in [4.78, 5) is 48.6. The van der Waals surface area contributed by atoms with Gasteiger partial charge in [-0.25, -0.2) is 24.4 Å². The highest BCUT2D eigenvalue weighted by Gasteiger charge is 2.25. The molecule has 1 N–H and O–H groups in total. The van der Waals surface area contributed by atoms with Crippen LogP contribution in [0.4, 0.5) is 15.1 Å². The molecule has 0 saturated heterocycles. The van der Waals surface area contributed by atoms with E-state index >= 15 is 0 Å². The van der Waals surface area contributed by atoms with Crippen molar-refractivity contribution in [3.8, 4) is 22.5 Å². The number of rotatable bonds is 15. The van der Waals surface area contributed by atoms with Gasteiger partial charge in [-0.2, -0.15) is 15.2 Å². The van der Waals surface area contributed by atoms with E-state index in [1.54, 1.807) is 73.0 Å². The van der Waals surface area contributed by atoms with E-state index in [0.29, 0.717) is 54.0 Å².